The van der Waals surface area contributed by atoms with E-state index in [-0.39, 0.29) is 0 Å². The van der Waals surface area contributed by atoms with Gasteiger partial charge in [0.25, 0.3) is 0 Å². The largest absolute Gasteiger partial charge is 0.493 e. The molecule has 1 aromatic rings. The van der Waals surface area contributed by atoms with E-state index in [2.05, 4.69) is 15.6 Å². The molecule has 0 saturated heterocycles. The molecule has 1 aliphatic carbocycles. The van der Waals surface area contributed by atoms with Gasteiger partial charge in [0.15, 0.2) is 17.5 Å². The average Bonchev–Trinajstić information content (AvgIpc) is 3.10. The highest BCUT2D eigenvalue weighted by molar-refractivity contribution is 5.80. The summed E-state index contributed by atoms with van der Waals surface area (Å²) in [6.45, 7) is 0.593. The summed E-state index contributed by atoms with van der Waals surface area (Å²) >= 11 is 0. The van der Waals surface area contributed by atoms with Crippen LogP contribution in [0.1, 0.15) is 31.2 Å². The summed E-state index contributed by atoms with van der Waals surface area (Å²) < 4.78 is 16.2. The van der Waals surface area contributed by atoms with Gasteiger partial charge in [0.05, 0.1) is 21.3 Å². The minimum absolute atomic E-state index is 0.522. The molecule has 1 fully saturated rings. The van der Waals surface area contributed by atoms with E-state index in [0.29, 0.717) is 29.8 Å². The second-order valence-electron chi connectivity index (χ2n) is 5.54. The first kappa shape index (κ1) is 17.2. The van der Waals surface area contributed by atoms with Gasteiger partial charge in [-0.25, -0.2) is 0 Å². The molecular weight excluding hydrogens is 294 g/mol. The Bertz CT molecular complexity index is 540. The molecule has 0 radical (unpaired) electrons. The van der Waals surface area contributed by atoms with E-state index in [1.807, 2.05) is 12.1 Å². The molecule has 6 nitrogen and oxygen atoms in total. The maximum atomic E-state index is 5.50. The first-order chi connectivity index (χ1) is 11.2. The van der Waals surface area contributed by atoms with Gasteiger partial charge in [-0.05, 0) is 25.0 Å². The zero-order valence-corrected chi connectivity index (χ0v) is 14.4. The summed E-state index contributed by atoms with van der Waals surface area (Å²) in [4.78, 5) is 4.30. The van der Waals surface area contributed by atoms with Crippen molar-refractivity contribution in [3.05, 3.63) is 17.7 Å². The summed E-state index contributed by atoms with van der Waals surface area (Å²) in [5.74, 6) is 2.75. The summed E-state index contributed by atoms with van der Waals surface area (Å²) in [6, 6.07) is 4.37. The van der Waals surface area contributed by atoms with Crippen molar-refractivity contribution in [1.29, 1.82) is 0 Å². The highest BCUT2D eigenvalue weighted by atomic mass is 16.5. The van der Waals surface area contributed by atoms with E-state index in [9.17, 15) is 0 Å². The number of hydrogen-bond acceptors (Lipinski definition) is 4. The van der Waals surface area contributed by atoms with Crippen LogP contribution in [0.2, 0.25) is 0 Å². The third kappa shape index (κ3) is 4.21. The highest BCUT2D eigenvalue weighted by Gasteiger charge is 2.18. The molecule has 0 spiro atoms. The lowest BCUT2D eigenvalue weighted by Crippen LogP contribution is -2.41. The number of benzene rings is 1. The van der Waals surface area contributed by atoms with Crippen molar-refractivity contribution in [1.82, 2.24) is 10.6 Å². The second-order valence-corrected chi connectivity index (χ2v) is 5.54. The van der Waals surface area contributed by atoms with E-state index in [1.54, 1.807) is 28.4 Å². The molecular formula is C17H27N3O3. The van der Waals surface area contributed by atoms with Crippen LogP contribution in [0.3, 0.4) is 0 Å². The standard InChI is InChI=1S/C17H27N3O3/c1-18-17(20-13-7-5-6-8-13)19-11-12-9-10-14(21-2)16(23-4)15(12)22-3/h9-10,13H,5-8,11H2,1-4H3,(H2,18,19,20). The fourth-order valence-corrected chi connectivity index (χ4v) is 2.94. The van der Waals surface area contributed by atoms with E-state index in [1.165, 1.54) is 25.7 Å². The lowest BCUT2D eigenvalue weighted by atomic mass is 10.1. The third-order valence-corrected chi connectivity index (χ3v) is 4.15. The second kappa shape index (κ2) is 8.50. The van der Waals surface area contributed by atoms with Gasteiger partial charge in [0, 0.05) is 25.2 Å². The predicted molar refractivity (Wildman–Crippen MR) is 91.7 cm³/mol. The molecule has 0 atom stereocenters. The number of nitrogens with zero attached hydrogens (tertiary/aromatic N) is 1. The van der Waals surface area contributed by atoms with Crippen LogP contribution in [0.4, 0.5) is 0 Å². The van der Waals surface area contributed by atoms with E-state index < -0.39 is 0 Å². The van der Waals surface area contributed by atoms with E-state index >= 15 is 0 Å². The van der Waals surface area contributed by atoms with Crippen LogP contribution >= 0.6 is 0 Å². The molecule has 0 aliphatic heterocycles. The fraction of sp³-hybridized carbons (Fsp3) is 0.588. The van der Waals surface area contributed by atoms with Crippen LogP contribution in [-0.4, -0.2) is 40.4 Å². The molecule has 1 aromatic carbocycles. The number of nitrogens with one attached hydrogen (secondary N) is 2. The number of methoxy groups -OCH3 is 3. The van der Waals surface area contributed by atoms with Gasteiger partial charge < -0.3 is 24.8 Å². The Balaban J connectivity index is 2.06. The lowest BCUT2D eigenvalue weighted by Gasteiger charge is -2.19. The van der Waals surface area contributed by atoms with Crippen LogP contribution in [0.5, 0.6) is 17.2 Å². The highest BCUT2D eigenvalue weighted by Crippen LogP contribution is 2.39. The Hall–Kier alpha value is -2.11. The Labute approximate surface area is 138 Å². The van der Waals surface area contributed by atoms with Crippen molar-refractivity contribution in [3.8, 4) is 17.2 Å². The number of rotatable bonds is 6. The Morgan fingerprint density at radius 3 is 2.35 bits per heavy atom. The summed E-state index contributed by atoms with van der Waals surface area (Å²) in [5, 5.41) is 6.81. The molecule has 0 amide bonds. The number of hydrogen-bond donors (Lipinski definition) is 2. The van der Waals surface area contributed by atoms with E-state index in [0.717, 1.165) is 11.5 Å². The van der Waals surface area contributed by atoms with Crippen LogP contribution in [0.25, 0.3) is 0 Å². The Morgan fingerprint density at radius 2 is 1.78 bits per heavy atom. The topological polar surface area (TPSA) is 64.1 Å². The molecule has 1 saturated carbocycles. The molecule has 128 valence electrons. The number of aliphatic imine (C=N–C) groups is 1. The van der Waals surface area contributed by atoms with Crippen LogP contribution in [0.15, 0.2) is 17.1 Å². The van der Waals surface area contributed by atoms with Crippen molar-refractivity contribution in [2.75, 3.05) is 28.4 Å². The molecule has 2 N–H and O–H groups in total. The third-order valence-electron chi connectivity index (χ3n) is 4.15. The average molecular weight is 321 g/mol. The van der Waals surface area contributed by atoms with Gasteiger partial charge in [-0.2, -0.15) is 0 Å². The van der Waals surface area contributed by atoms with E-state index in [4.69, 9.17) is 14.2 Å². The molecule has 0 unspecified atom stereocenters. The van der Waals surface area contributed by atoms with Crippen molar-refractivity contribution in [2.24, 2.45) is 4.99 Å². The Morgan fingerprint density at radius 1 is 1.09 bits per heavy atom. The molecule has 0 aromatic heterocycles. The SMILES string of the molecule is CN=C(NCc1ccc(OC)c(OC)c1OC)NC1CCCC1. The quantitative estimate of drug-likeness (QED) is 0.622. The smallest absolute Gasteiger partial charge is 0.203 e. The zero-order chi connectivity index (χ0) is 16.7. The molecule has 2 rings (SSSR count). The normalized spacial score (nSPS) is 15.4. The maximum absolute atomic E-state index is 5.50. The minimum Gasteiger partial charge on any atom is -0.493 e. The first-order valence-electron chi connectivity index (χ1n) is 7.98. The van der Waals surface area contributed by atoms with Gasteiger partial charge in [0.2, 0.25) is 5.75 Å². The maximum Gasteiger partial charge on any atom is 0.203 e. The monoisotopic (exact) mass is 321 g/mol. The van der Waals surface area contributed by atoms with Crippen molar-refractivity contribution in [3.63, 3.8) is 0 Å². The van der Waals surface area contributed by atoms with Gasteiger partial charge in [-0.1, -0.05) is 12.8 Å². The summed E-state index contributed by atoms with van der Waals surface area (Å²) in [5.41, 5.74) is 0.986. The first-order valence-corrected chi connectivity index (χ1v) is 7.98. The molecule has 0 bridgehead atoms. The van der Waals surface area contributed by atoms with Crippen LogP contribution in [-0.2, 0) is 6.54 Å². The van der Waals surface area contributed by atoms with Gasteiger partial charge >= 0.3 is 0 Å². The molecule has 23 heavy (non-hydrogen) atoms. The van der Waals surface area contributed by atoms with Gasteiger partial charge in [0.1, 0.15) is 0 Å². The summed E-state index contributed by atoms with van der Waals surface area (Å²) in [7, 11) is 6.64. The lowest BCUT2D eigenvalue weighted by molar-refractivity contribution is 0.322. The minimum atomic E-state index is 0.522. The summed E-state index contributed by atoms with van der Waals surface area (Å²) in [6.07, 6.45) is 5.00. The number of guanidine groups is 1. The molecule has 1 aliphatic rings. The van der Waals surface area contributed by atoms with Crippen molar-refractivity contribution < 1.29 is 14.2 Å². The van der Waals surface area contributed by atoms with Gasteiger partial charge in [-0.15, -0.1) is 0 Å². The van der Waals surface area contributed by atoms with Crippen molar-refractivity contribution >= 4 is 5.96 Å². The molecule has 6 heteroatoms. The van der Waals surface area contributed by atoms with Crippen LogP contribution in [0, 0.1) is 0 Å². The van der Waals surface area contributed by atoms with Crippen molar-refractivity contribution in [2.45, 2.75) is 38.3 Å². The zero-order valence-electron chi connectivity index (χ0n) is 14.4. The Kier molecular flexibility index (Phi) is 6.38. The fourth-order valence-electron chi connectivity index (χ4n) is 2.94. The predicted octanol–water partition coefficient (Wildman–Crippen LogP) is 2.32. The van der Waals surface area contributed by atoms with Crippen LogP contribution < -0.4 is 24.8 Å². The number of ether oxygens (including phenoxy) is 3. The molecule has 0 heterocycles. The van der Waals surface area contributed by atoms with Gasteiger partial charge in [-0.3, -0.25) is 4.99 Å².